The maximum atomic E-state index is 11.2. The van der Waals surface area contributed by atoms with Crippen molar-refractivity contribution < 1.29 is 19.0 Å². The Bertz CT molecular complexity index is 212. The predicted molar refractivity (Wildman–Crippen MR) is 43.1 cm³/mol. The number of nitrogens with one attached hydrogen (secondary N) is 1. The fourth-order valence-electron chi connectivity index (χ4n) is 1.76. The first-order chi connectivity index (χ1) is 6.26. The van der Waals surface area contributed by atoms with Crippen molar-refractivity contribution in [1.29, 1.82) is 0 Å². The SMILES string of the molecule is COC(=O)C1CC2(CN1)OCCO2. The molecule has 5 heteroatoms. The summed E-state index contributed by atoms with van der Waals surface area (Å²) in [5.74, 6) is -0.824. The number of esters is 1. The molecule has 1 N–H and O–H groups in total. The predicted octanol–water partition coefficient (Wildman–Crippen LogP) is -0.736. The van der Waals surface area contributed by atoms with Crippen LogP contribution in [0.3, 0.4) is 0 Å². The van der Waals surface area contributed by atoms with Gasteiger partial charge in [-0.05, 0) is 0 Å². The molecule has 2 heterocycles. The van der Waals surface area contributed by atoms with E-state index in [4.69, 9.17) is 9.47 Å². The number of ether oxygens (including phenoxy) is 3. The number of carbonyl (C=O) groups is 1. The van der Waals surface area contributed by atoms with E-state index in [-0.39, 0.29) is 12.0 Å². The topological polar surface area (TPSA) is 56.8 Å². The molecule has 1 unspecified atom stereocenters. The zero-order valence-electron chi connectivity index (χ0n) is 7.54. The van der Waals surface area contributed by atoms with Crippen LogP contribution in [0, 0.1) is 0 Å². The maximum absolute atomic E-state index is 11.2. The second-order valence-electron chi connectivity index (χ2n) is 3.27. The van der Waals surface area contributed by atoms with Gasteiger partial charge in [-0.1, -0.05) is 0 Å². The highest BCUT2D eigenvalue weighted by atomic mass is 16.7. The Morgan fingerprint density at radius 1 is 1.54 bits per heavy atom. The van der Waals surface area contributed by atoms with Crippen LogP contribution in [0.4, 0.5) is 0 Å². The van der Waals surface area contributed by atoms with E-state index in [0.29, 0.717) is 26.2 Å². The molecule has 0 radical (unpaired) electrons. The first-order valence-electron chi connectivity index (χ1n) is 4.35. The molecule has 1 atom stereocenters. The van der Waals surface area contributed by atoms with Gasteiger partial charge >= 0.3 is 5.97 Å². The third kappa shape index (κ3) is 1.54. The van der Waals surface area contributed by atoms with Crippen molar-refractivity contribution in [1.82, 2.24) is 5.32 Å². The highest BCUT2D eigenvalue weighted by molar-refractivity contribution is 5.76. The zero-order chi connectivity index (χ0) is 9.31. The average Bonchev–Trinajstić information content (AvgIpc) is 2.76. The van der Waals surface area contributed by atoms with E-state index < -0.39 is 5.79 Å². The van der Waals surface area contributed by atoms with E-state index in [9.17, 15) is 4.79 Å². The average molecular weight is 187 g/mol. The van der Waals surface area contributed by atoms with Crippen molar-refractivity contribution in [2.24, 2.45) is 0 Å². The molecule has 1 spiro atoms. The van der Waals surface area contributed by atoms with Gasteiger partial charge in [0.2, 0.25) is 0 Å². The molecule has 0 aliphatic carbocycles. The summed E-state index contributed by atoms with van der Waals surface area (Å²) in [6.07, 6.45) is 0.541. The summed E-state index contributed by atoms with van der Waals surface area (Å²) in [5, 5.41) is 3.02. The minimum atomic E-state index is -0.571. The molecule has 5 nitrogen and oxygen atoms in total. The Balaban J connectivity index is 1.96. The third-order valence-electron chi connectivity index (χ3n) is 2.43. The van der Waals surface area contributed by atoms with Crippen LogP contribution >= 0.6 is 0 Å². The lowest BCUT2D eigenvalue weighted by Gasteiger charge is -2.19. The molecule has 0 saturated carbocycles. The van der Waals surface area contributed by atoms with Gasteiger partial charge in [0, 0.05) is 6.42 Å². The van der Waals surface area contributed by atoms with Crippen molar-refractivity contribution >= 4 is 5.97 Å². The highest BCUT2D eigenvalue weighted by Gasteiger charge is 2.46. The molecule has 2 fully saturated rings. The Morgan fingerprint density at radius 2 is 2.23 bits per heavy atom. The molecule has 0 aromatic rings. The minimum Gasteiger partial charge on any atom is -0.468 e. The highest BCUT2D eigenvalue weighted by Crippen LogP contribution is 2.29. The van der Waals surface area contributed by atoms with Gasteiger partial charge in [0.1, 0.15) is 6.04 Å². The summed E-state index contributed by atoms with van der Waals surface area (Å²) < 4.78 is 15.5. The van der Waals surface area contributed by atoms with Crippen LogP contribution in [0.15, 0.2) is 0 Å². The van der Waals surface area contributed by atoms with Crippen LogP contribution in [0.1, 0.15) is 6.42 Å². The lowest BCUT2D eigenvalue weighted by molar-refractivity contribution is -0.152. The van der Waals surface area contributed by atoms with Gasteiger partial charge in [-0.15, -0.1) is 0 Å². The molecule has 74 valence electrons. The fourth-order valence-corrected chi connectivity index (χ4v) is 1.76. The van der Waals surface area contributed by atoms with Crippen molar-refractivity contribution in [3.05, 3.63) is 0 Å². The fraction of sp³-hybridized carbons (Fsp3) is 0.875. The van der Waals surface area contributed by atoms with Crippen molar-refractivity contribution in [3.63, 3.8) is 0 Å². The van der Waals surface area contributed by atoms with E-state index in [1.165, 1.54) is 7.11 Å². The number of rotatable bonds is 1. The zero-order valence-corrected chi connectivity index (χ0v) is 7.54. The van der Waals surface area contributed by atoms with E-state index in [1.807, 2.05) is 0 Å². The van der Waals surface area contributed by atoms with Crippen molar-refractivity contribution in [3.8, 4) is 0 Å². The van der Waals surface area contributed by atoms with Gasteiger partial charge in [-0.2, -0.15) is 0 Å². The Labute approximate surface area is 76.3 Å². The molecule has 0 bridgehead atoms. The summed E-state index contributed by atoms with van der Waals surface area (Å²) in [6, 6.07) is -0.289. The number of carbonyl (C=O) groups excluding carboxylic acids is 1. The van der Waals surface area contributed by atoms with Gasteiger partial charge in [0.15, 0.2) is 5.79 Å². The van der Waals surface area contributed by atoms with Crippen LogP contribution in [-0.4, -0.2) is 44.7 Å². The van der Waals surface area contributed by atoms with Gasteiger partial charge in [0.05, 0.1) is 26.9 Å². The lowest BCUT2D eigenvalue weighted by Crippen LogP contribution is -2.32. The Kier molecular flexibility index (Phi) is 2.23. The van der Waals surface area contributed by atoms with E-state index >= 15 is 0 Å². The number of hydrogen-bond acceptors (Lipinski definition) is 5. The molecular weight excluding hydrogens is 174 g/mol. The molecule has 2 aliphatic heterocycles. The monoisotopic (exact) mass is 187 g/mol. The molecule has 0 aromatic heterocycles. The standard InChI is InChI=1S/C8H13NO4/c1-11-7(10)6-4-8(5-9-6)12-2-3-13-8/h6,9H,2-5H2,1H3. The summed E-state index contributed by atoms with van der Waals surface area (Å²) in [4.78, 5) is 11.2. The van der Waals surface area contributed by atoms with Crippen LogP contribution in [0.25, 0.3) is 0 Å². The Morgan fingerprint density at radius 3 is 2.85 bits per heavy atom. The van der Waals surface area contributed by atoms with Gasteiger partial charge < -0.3 is 14.2 Å². The van der Waals surface area contributed by atoms with Crippen LogP contribution in [0.2, 0.25) is 0 Å². The van der Waals surface area contributed by atoms with Crippen molar-refractivity contribution in [2.75, 3.05) is 26.9 Å². The quantitative estimate of drug-likeness (QED) is 0.548. The second-order valence-corrected chi connectivity index (χ2v) is 3.27. The maximum Gasteiger partial charge on any atom is 0.323 e. The summed E-state index contributed by atoms with van der Waals surface area (Å²) in [6.45, 7) is 1.78. The molecule has 0 amide bonds. The van der Waals surface area contributed by atoms with Crippen LogP contribution in [0.5, 0.6) is 0 Å². The third-order valence-corrected chi connectivity index (χ3v) is 2.43. The number of methoxy groups -OCH3 is 1. The first kappa shape index (κ1) is 8.93. The normalized spacial score (nSPS) is 31.0. The van der Waals surface area contributed by atoms with E-state index in [1.54, 1.807) is 0 Å². The smallest absolute Gasteiger partial charge is 0.323 e. The van der Waals surface area contributed by atoms with Gasteiger partial charge in [-0.3, -0.25) is 10.1 Å². The molecule has 2 aliphatic rings. The summed E-state index contributed by atoms with van der Waals surface area (Å²) in [5.41, 5.74) is 0. The van der Waals surface area contributed by atoms with Gasteiger partial charge in [0.25, 0.3) is 0 Å². The van der Waals surface area contributed by atoms with E-state index in [0.717, 1.165) is 0 Å². The van der Waals surface area contributed by atoms with Crippen molar-refractivity contribution in [2.45, 2.75) is 18.2 Å². The molecule has 2 rings (SSSR count). The van der Waals surface area contributed by atoms with E-state index in [2.05, 4.69) is 10.1 Å². The minimum absolute atomic E-state index is 0.254. The first-order valence-corrected chi connectivity index (χ1v) is 4.35. The van der Waals surface area contributed by atoms with Crippen LogP contribution < -0.4 is 5.32 Å². The van der Waals surface area contributed by atoms with Crippen LogP contribution in [-0.2, 0) is 19.0 Å². The molecule has 13 heavy (non-hydrogen) atoms. The van der Waals surface area contributed by atoms with Gasteiger partial charge in [-0.25, -0.2) is 0 Å². The second kappa shape index (κ2) is 3.25. The molecule has 2 saturated heterocycles. The lowest BCUT2D eigenvalue weighted by atomic mass is 10.1. The molecule has 0 aromatic carbocycles. The Hall–Kier alpha value is -0.650. The summed E-state index contributed by atoms with van der Waals surface area (Å²) >= 11 is 0. The summed E-state index contributed by atoms with van der Waals surface area (Å²) in [7, 11) is 1.38. The largest absolute Gasteiger partial charge is 0.468 e. The number of hydrogen-bond donors (Lipinski definition) is 1. The molecular formula is C8H13NO4.